The van der Waals surface area contributed by atoms with Crippen molar-refractivity contribution in [2.75, 3.05) is 12.4 Å². The van der Waals surface area contributed by atoms with Crippen molar-refractivity contribution in [3.05, 3.63) is 81.0 Å². The van der Waals surface area contributed by atoms with Gasteiger partial charge in [-0.15, -0.1) is 11.3 Å². The van der Waals surface area contributed by atoms with Crippen molar-refractivity contribution in [1.29, 1.82) is 0 Å². The van der Waals surface area contributed by atoms with E-state index in [1.54, 1.807) is 29.1 Å². The molecule has 0 aliphatic carbocycles. The maximum atomic E-state index is 14.4. The van der Waals surface area contributed by atoms with Gasteiger partial charge in [0.1, 0.15) is 11.6 Å². The summed E-state index contributed by atoms with van der Waals surface area (Å²) in [4.78, 5) is 13.4. The number of hydrogen-bond donors (Lipinski definition) is 1. The lowest BCUT2D eigenvalue weighted by atomic mass is 10.1. The molecule has 4 rings (SSSR count). The predicted octanol–water partition coefficient (Wildman–Crippen LogP) is 5.45. The van der Waals surface area contributed by atoms with Gasteiger partial charge in [-0.05, 0) is 29.8 Å². The van der Waals surface area contributed by atoms with Crippen molar-refractivity contribution in [1.82, 2.24) is 9.78 Å². The standard InChI is InChI=1S/C21H17BrFN3O2S/c1-28-12-15-19-16(23)3-2-4-17(19)29-20(15)21(27)25-18-9-10-24-26(18)11-13-5-7-14(22)8-6-13/h2-10H,11-12H2,1H3,(H,25,27). The SMILES string of the molecule is COCc1c(C(=O)Nc2ccnn2Cc2ccc(Br)cc2)sc2cccc(F)c12. The molecule has 2 aromatic carbocycles. The van der Waals surface area contributed by atoms with E-state index in [4.69, 9.17) is 4.74 Å². The predicted molar refractivity (Wildman–Crippen MR) is 116 cm³/mol. The second-order valence-electron chi connectivity index (χ2n) is 6.41. The second-order valence-corrected chi connectivity index (χ2v) is 8.38. The van der Waals surface area contributed by atoms with Crippen LogP contribution in [0.15, 0.2) is 59.2 Å². The van der Waals surface area contributed by atoms with E-state index < -0.39 is 0 Å². The molecule has 0 aliphatic heterocycles. The minimum atomic E-state index is -0.356. The fourth-order valence-corrected chi connectivity index (χ4v) is 4.52. The molecule has 4 aromatic rings. The molecule has 8 heteroatoms. The van der Waals surface area contributed by atoms with Crippen LogP contribution in [-0.2, 0) is 17.9 Å². The van der Waals surface area contributed by atoms with E-state index in [-0.39, 0.29) is 18.3 Å². The van der Waals surface area contributed by atoms with Crippen molar-refractivity contribution in [2.45, 2.75) is 13.2 Å². The average Bonchev–Trinajstić information content (AvgIpc) is 3.29. The maximum absolute atomic E-state index is 14.4. The number of ether oxygens (including phenoxy) is 1. The Hall–Kier alpha value is -2.55. The Morgan fingerprint density at radius 1 is 1.24 bits per heavy atom. The summed E-state index contributed by atoms with van der Waals surface area (Å²) in [6, 6.07) is 14.5. The summed E-state index contributed by atoms with van der Waals surface area (Å²) in [5.41, 5.74) is 1.61. The smallest absolute Gasteiger partial charge is 0.267 e. The van der Waals surface area contributed by atoms with Crippen LogP contribution in [0.4, 0.5) is 10.2 Å². The fourth-order valence-electron chi connectivity index (χ4n) is 3.13. The Balaban J connectivity index is 1.62. The van der Waals surface area contributed by atoms with Gasteiger partial charge in [0.25, 0.3) is 5.91 Å². The van der Waals surface area contributed by atoms with Crippen molar-refractivity contribution in [2.24, 2.45) is 0 Å². The van der Waals surface area contributed by atoms with Gasteiger partial charge in [-0.1, -0.05) is 34.1 Å². The number of nitrogens with zero attached hydrogens (tertiary/aromatic N) is 2. The lowest BCUT2D eigenvalue weighted by molar-refractivity contribution is 0.102. The normalized spacial score (nSPS) is 11.1. The number of amides is 1. The van der Waals surface area contributed by atoms with Crippen LogP contribution in [0.1, 0.15) is 20.8 Å². The molecule has 148 valence electrons. The Morgan fingerprint density at radius 3 is 2.79 bits per heavy atom. The van der Waals surface area contributed by atoms with Crippen LogP contribution in [0.3, 0.4) is 0 Å². The summed E-state index contributed by atoms with van der Waals surface area (Å²) >= 11 is 4.67. The third kappa shape index (κ3) is 4.10. The van der Waals surface area contributed by atoms with Gasteiger partial charge < -0.3 is 10.1 Å². The summed E-state index contributed by atoms with van der Waals surface area (Å²) in [6.45, 7) is 0.670. The van der Waals surface area contributed by atoms with Gasteiger partial charge in [0.05, 0.1) is 24.2 Å². The molecule has 1 amide bonds. The Bertz CT molecular complexity index is 1170. The van der Waals surface area contributed by atoms with Crippen LogP contribution in [0.25, 0.3) is 10.1 Å². The average molecular weight is 474 g/mol. The van der Waals surface area contributed by atoms with E-state index in [0.29, 0.717) is 32.9 Å². The number of halogens is 2. The lowest BCUT2D eigenvalue weighted by Gasteiger charge is -2.10. The van der Waals surface area contributed by atoms with E-state index in [1.807, 2.05) is 24.3 Å². The number of rotatable bonds is 6. The quantitative estimate of drug-likeness (QED) is 0.405. The third-order valence-corrected chi connectivity index (χ3v) is 6.19. The molecule has 0 aliphatic rings. The highest BCUT2D eigenvalue weighted by Crippen LogP contribution is 2.34. The molecule has 0 atom stereocenters. The minimum absolute atomic E-state index is 0.155. The molecule has 1 N–H and O–H groups in total. The van der Waals surface area contributed by atoms with Gasteiger partial charge in [-0.25, -0.2) is 9.07 Å². The highest BCUT2D eigenvalue weighted by Gasteiger charge is 2.21. The number of anilines is 1. The largest absolute Gasteiger partial charge is 0.380 e. The molecular formula is C21H17BrFN3O2S. The van der Waals surface area contributed by atoms with Crippen LogP contribution in [0.2, 0.25) is 0 Å². The topological polar surface area (TPSA) is 56.1 Å². The number of carbonyl (C=O) groups is 1. The van der Waals surface area contributed by atoms with Crippen molar-refractivity contribution < 1.29 is 13.9 Å². The molecule has 5 nitrogen and oxygen atoms in total. The first kappa shape index (κ1) is 19.8. The van der Waals surface area contributed by atoms with E-state index in [1.165, 1.54) is 24.5 Å². The first-order chi connectivity index (χ1) is 14.1. The van der Waals surface area contributed by atoms with E-state index in [2.05, 4.69) is 26.3 Å². The summed E-state index contributed by atoms with van der Waals surface area (Å²) < 4.78 is 23.0. The van der Waals surface area contributed by atoms with Crippen molar-refractivity contribution in [3.8, 4) is 0 Å². The summed E-state index contributed by atoms with van der Waals surface area (Å²) in [5, 5.41) is 7.65. The highest BCUT2D eigenvalue weighted by molar-refractivity contribution is 9.10. The number of methoxy groups -OCH3 is 1. The summed E-state index contributed by atoms with van der Waals surface area (Å²) in [6.07, 6.45) is 1.63. The number of fused-ring (bicyclic) bond motifs is 1. The molecular weight excluding hydrogens is 457 g/mol. The van der Waals surface area contributed by atoms with Crippen LogP contribution in [-0.4, -0.2) is 22.8 Å². The van der Waals surface area contributed by atoms with E-state index >= 15 is 0 Å². The molecule has 0 radical (unpaired) electrons. The zero-order valence-corrected chi connectivity index (χ0v) is 17.9. The second kappa shape index (κ2) is 8.44. The van der Waals surface area contributed by atoms with Crippen molar-refractivity contribution >= 4 is 49.1 Å². The molecule has 0 spiro atoms. The lowest BCUT2D eigenvalue weighted by Crippen LogP contribution is -2.16. The minimum Gasteiger partial charge on any atom is -0.380 e. The highest BCUT2D eigenvalue weighted by atomic mass is 79.9. The van der Waals surface area contributed by atoms with Gasteiger partial charge in [0.15, 0.2) is 0 Å². The molecule has 29 heavy (non-hydrogen) atoms. The summed E-state index contributed by atoms with van der Waals surface area (Å²) in [5.74, 6) is -0.0976. The number of aromatic nitrogens is 2. The molecule has 0 unspecified atom stereocenters. The number of hydrogen-bond acceptors (Lipinski definition) is 4. The Kier molecular flexibility index (Phi) is 5.75. The Morgan fingerprint density at radius 2 is 2.03 bits per heavy atom. The van der Waals surface area contributed by atoms with Crippen LogP contribution >= 0.6 is 27.3 Å². The van der Waals surface area contributed by atoms with Gasteiger partial charge >= 0.3 is 0 Å². The molecule has 0 saturated heterocycles. The van der Waals surface area contributed by atoms with Crippen LogP contribution in [0.5, 0.6) is 0 Å². The van der Waals surface area contributed by atoms with E-state index in [9.17, 15) is 9.18 Å². The van der Waals surface area contributed by atoms with Gasteiger partial charge in [0.2, 0.25) is 0 Å². The first-order valence-electron chi connectivity index (χ1n) is 8.83. The third-order valence-electron chi connectivity index (χ3n) is 4.46. The van der Waals surface area contributed by atoms with Gasteiger partial charge in [-0.3, -0.25) is 4.79 Å². The van der Waals surface area contributed by atoms with Gasteiger partial charge in [0, 0.05) is 33.3 Å². The molecule has 0 bridgehead atoms. The number of nitrogens with one attached hydrogen (secondary N) is 1. The molecule has 2 heterocycles. The van der Waals surface area contributed by atoms with Crippen molar-refractivity contribution in [3.63, 3.8) is 0 Å². The first-order valence-corrected chi connectivity index (χ1v) is 10.4. The zero-order valence-electron chi connectivity index (χ0n) is 15.5. The zero-order chi connectivity index (χ0) is 20.4. The summed E-state index contributed by atoms with van der Waals surface area (Å²) in [7, 11) is 1.53. The van der Waals surface area contributed by atoms with Gasteiger partial charge in [-0.2, -0.15) is 5.10 Å². The fraction of sp³-hybridized carbons (Fsp3) is 0.143. The molecule has 0 fully saturated rings. The van der Waals surface area contributed by atoms with Crippen LogP contribution < -0.4 is 5.32 Å². The van der Waals surface area contributed by atoms with E-state index in [0.717, 1.165) is 10.0 Å². The number of benzene rings is 2. The Labute approximate surface area is 179 Å². The molecule has 0 saturated carbocycles. The number of thiophene rings is 1. The van der Waals surface area contributed by atoms with Crippen LogP contribution in [0, 0.1) is 5.82 Å². The number of carbonyl (C=O) groups excluding carboxylic acids is 1. The maximum Gasteiger partial charge on any atom is 0.267 e. The molecule has 2 aromatic heterocycles. The monoisotopic (exact) mass is 473 g/mol.